The van der Waals surface area contributed by atoms with Crippen LogP contribution in [0.25, 0.3) is 236 Å². The molecule has 140 heavy (non-hydrogen) atoms. The molecule has 0 amide bonds. The van der Waals surface area contributed by atoms with Crippen LogP contribution in [0.4, 0.5) is 0 Å². The molecular weight excluding hydrogens is 1750 g/mol. The number of nitrogens with one attached hydrogen (secondary N) is 2. The van der Waals surface area contributed by atoms with Gasteiger partial charge in [-0.1, -0.05) is 404 Å². The van der Waals surface area contributed by atoms with E-state index in [2.05, 4.69) is 315 Å². The van der Waals surface area contributed by atoms with E-state index < -0.39 is 0 Å². The first-order chi connectivity index (χ1) is 68.7. The Bertz CT molecular complexity index is 8950. The fourth-order valence-electron chi connectivity index (χ4n) is 19.0. The van der Waals surface area contributed by atoms with Crippen molar-refractivity contribution in [3.8, 4) is 140 Å². The van der Waals surface area contributed by atoms with Gasteiger partial charge in [-0.05, 0) is 158 Å². The van der Waals surface area contributed by atoms with Gasteiger partial charge in [0.1, 0.15) is 9.40 Å². The molecule has 0 unspecified atom stereocenters. The van der Waals surface area contributed by atoms with E-state index in [1.54, 1.807) is 22.7 Å². The number of H-pyrrole nitrogens is 2. The third kappa shape index (κ3) is 16.6. The van der Waals surface area contributed by atoms with E-state index in [-0.39, 0.29) is 21.6 Å². The monoisotopic (exact) mass is 1830 g/mol. The second kappa shape index (κ2) is 37.7. The van der Waals surface area contributed by atoms with Gasteiger partial charge >= 0.3 is 10.1 Å². The Morgan fingerprint density at radius 3 is 0.914 bits per heavy atom. The van der Waals surface area contributed by atoms with Gasteiger partial charge < -0.3 is 19.3 Å². The Balaban J connectivity index is 0.000000112. The quantitative estimate of drug-likeness (QED) is 0.104. The number of fused-ring (bicyclic) bond motifs is 13. The molecular formula is C125H82BeN10O2S2+2. The standard InChI is InChI=1S/C46H31N3.C45H29N5.2C17H11NOS.Be/c1-3-11-32(12-4-1)33-19-23-36(24-20-33)42-31-43(48-46(47-42)38-13-5-2-6-14-38)37-25-21-34(22-26-37)35-27-29-39(30-28-35)49-44-17-9-7-15-40(44)41-16-8-10-18-45(41)49;1-4-14-30(15-5-1)43-46-44(31-16-6-2-7-17-31)48-45(47-43)50-40-23-13-11-21-36(40)38-29-33(25-27-42(38)50)32-24-26-41-37(28-32)35-20-10-12-22-39(35)49(41)34-18-8-3-9-19-34;2*19-16-12-6-2-1-5-11(12)9-10-13(16)17-18-14-7-3-4-8-15(14)20-17;/h1-31H;1-29H;2*1-10,19H;/q;;;;+2. The molecule has 0 aliphatic rings. The summed E-state index contributed by atoms with van der Waals surface area (Å²) in [4.78, 5) is 31.8. The maximum atomic E-state index is 12.6. The molecule has 12 nitrogen and oxygen atoms in total. The number of benzene rings is 20. The second-order valence-electron chi connectivity index (χ2n) is 34.2. The molecule has 2 N–H and O–H groups in total. The van der Waals surface area contributed by atoms with E-state index >= 15 is 0 Å². The van der Waals surface area contributed by atoms with Crippen LogP contribution in [0.5, 0.6) is 11.5 Å². The van der Waals surface area contributed by atoms with Crippen LogP contribution in [0.2, 0.25) is 0 Å². The van der Waals surface area contributed by atoms with E-state index in [4.69, 9.17) is 24.9 Å². The number of para-hydroxylation sites is 7. The number of aromatic nitrogens is 10. The van der Waals surface area contributed by atoms with Gasteiger partial charge in [-0.3, -0.25) is 4.57 Å². The van der Waals surface area contributed by atoms with Crippen LogP contribution in [0, 0.1) is 0 Å². The van der Waals surface area contributed by atoms with Crippen LogP contribution < -0.4 is 20.2 Å². The normalized spacial score (nSPS) is 11.3. The number of hydrogen-bond donors (Lipinski definition) is 0. The predicted octanol–water partition coefficient (Wildman–Crippen LogP) is 29.8. The molecule has 656 valence electrons. The van der Waals surface area contributed by atoms with E-state index in [1.807, 2.05) is 194 Å². The number of nitrogens with zero attached hydrogens (tertiary/aromatic N) is 8. The van der Waals surface area contributed by atoms with Gasteiger partial charge in [-0.15, -0.1) is 0 Å². The molecule has 0 fully saturated rings. The van der Waals surface area contributed by atoms with E-state index in [9.17, 15) is 10.2 Å². The summed E-state index contributed by atoms with van der Waals surface area (Å²) in [5.41, 5.74) is 26.6. The van der Waals surface area contributed by atoms with E-state index in [0.717, 1.165) is 147 Å². The number of rotatable bonds is 13. The predicted molar refractivity (Wildman–Crippen MR) is 576 cm³/mol. The first-order valence-electron chi connectivity index (χ1n) is 46.2. The molecule has 7 aromatic heterocycles. The molecule has 20 aromatic carbocycles. The molecule has 0 spiro atoms. The zero-order valence-electron chi connectivity index (χ0n) is 75.6. The largest absolute Gasteiger partial charge is 2.00 e. The topological polar surface area (TPSA) is 154 Å². The summed E-state index contributed by atoms with van der Waals surface area (Å²) >= 11 is 3.24. The maximum absolute atomic E-state index is 12.6. The zero-order chi connectivity index (χ0) is 92.6. The molecule has 0 aliphatic carbocycles. The van der Waals surface area contributed by atoms with Gasteiger partial charge in [0, 0.05) is 83.6 Å². The van der Waals surface area contributed by atoms with Gasteiger partial charge in [0.25, 0.3) is 10.0 Å². The minimum Gasteiger partial charge on any atom is -0.871 e. The van der Waals surface area contributed by atoms with Crippen molar-refractivity contribution in [2.75, 3.05) is 0 Å². The Morgan fingerprint density at radius 2 is 0.500 bits per heavy atom. The molecule has 0 aliphatic heterocycles. The zero-order valence-corrected chi connectivity index (χ0v) is 77.2. The first kappa shape index (κ1) is 86.1. The van der Waals surface area contributed by atoms with Crippen molar-refractivity contribution in [2.45, 2.75) is 0 Å². The van der Waals surface area contributed by atoms with Crippen molar-refractivity contribution in [2.24, 2.45) is 0 Å². The molecule has 27 aromatic rings. The number of thiazole rings is 2. The smallest absolute Gasteiger partial charge is 0.871 e. The van der Waals surface area contributed by atoms with E-state index in [1.165, 1.54) is 65.9 Å². The Morgan fingerprint density at radius 1 is 0.207 bits per heavy atom. The summed E-state index contributed by atoms with van der Waals surface area (Å²) in [6, 6.07) is 167. The Hall–Kier alpha value is -18.0. The summed E-state index contributed by atoms with van der Waals surface area (Å²) in [7, 11) is 0. The third-order valence-electron chi connectivity index (χ3n) is 25.8. The first-order valence-corrected chi connectivity index (χ1v) is 47.9. The third-order valence-corrected chi connectivity index (χ3v) is 28.0. The fourth-order valence-corrected chi connectivity index (χ4v) is 21.0. The molecule has 7 heterocycles. The van der Waals surface area contributed by atoms with Crippen LogP contribution in [0.1, 0.15) is 0 Å². The summed E-state index contributed by atoms with van der Waals surface area (Å²) in [5, 5.41) is 37.8. The molecule has 15 heteroatoms. The molecule has 0 bridgehead atoms. The second-order valence-corrected chi connectivity index (χ2v) is 36.3. The maximum Gasteiger partial charge on any atom is 2.00 e. The van der Waals surface area contributed by atoms with Gasteiger partial charge in [-0.2, -0.15) is 19.9 Å². The van der Waals surface area contributed by atoms with Crippen molar-refractivity contribution in [3.63, 3.8) is 0 Å². The van der Waals surface area contributed by atoms with Crippen molar-refractivity contribution < 1.29 is 20.2 Å². The molecule has 27 rings (SSSR count). The summed E-state index contributed by atoms with van der Waals surface area (Å²) in [6.45, 7) is 0. The average Bonchev–Trinajstić information content (AvgIpc) is 1.58. The Kier molecular flexibility index (Phi) is 23.2. The average molecular weight is 1830 g/mol. The SMILES string of the molecule is [Be+2].[O-]c1c(-c2[nH+]c3ccccc3s2)ccc2ccccc12.[O-]c1c(-c2[nH+]c3ccccc3s2)ccc2ccccc12.c1ccc(-c2ccc(-c3cc(-c4ccc(-c5ccc(-n6c7ccccc7c7ccccc76)cc5)cc4)nc(-c4ccccc4)n3)cc2)cc1.c1ccc(-c2nc(-c3ccccc3)nc(-n3c4ccccc4c4cc(-c5ccc6c(c5)c5ccccc5n6-c5ccccc5)ccc43)n2)cc1. The van der Waals surface area contributed by atoms with Crippen molar-refractivity contribution >= 4 is 140 Å². The van der Waals surface area contributed by atoms with Gasteiger partial charge in [0.2, 0.25) is 17.0 Å². The van der Waals surface area contributed by atoms with Gasteiger partial charge in [-0.25, -0.2) is 15.0 Å². The number of aromatic amines is 2. The minimum absolute atomic E-state index is 0. The van der Waals surface area contributed by atoms with Crippen molar-refractivity contribution in [1.29, 1.82) is 0 Å². The van der Waals surface area contributed by atoms with Crippen LogP contribution in [0.3, 0.4) is 0 Å². The molecule has 0 radical (unpaired) electrons. The molecule has 0 saturated carbocycles. The van der Waals surface area contributed by atoms with Crippen molar-refractivity contribution in [1.82, 2.24) is 38.6 Å². The van der Waals surface area contributed by atoms with Gasteiger partial charge in [0.05, 0.1) is 55.6 Å². The van der Waals surface area contributed by atoms with Crippen LogP contribution in [-0.4, -0.2) is 48.7 Å². The fraction of sp³-hybridized carbons (Fsp3) is 0. The van der Waals surface area contributed by atoms with Gasteiger partial charge in [0.15, 0.2) is 17.5 Å². The van der Waals surface area contributed by atoms with Crippen LogP contribution in [0.15, 0.2) is 485 Å². The van der Waals surface area contributed by atoms with Crippen molar-refractivity contribution in [3.05, 3.63) is 485 Å². The number of hydrogen-bond acceptors (Lipinski definition) is 9. The summed E-state index contributed by atoms with van der Waals surface area (Å²) in [6.07, 6.45) is 0. The Labute approximate surface area is 818 Å². The molecule has 0 atom stereocenters. The minimum atomic E-state index is 0. The summed E-state index contributed by atoms with van der Waals surface area (Å²) < 4.78 is 9.20. The van der Waals surface area contributed by atoms with Crippen LogP contribution in [-0.2, 0) is 0 Å². The van der Waals surface area contributed by atoms with E-state index in [0.29, 0.717) is 23.4 Å². The molecule has 0 saturated heterocycles. The van der Waals surface area contributed by atoms with Crippen LogP contribution >= 0.6 is 22.7 Å². The summed E-state index contributed by atoms with van der Waals surface area (Å²) in [5.74, 6) is 2.76.